The summed E-state index contributed by atoms with van der Waals surface area (Å²) >= 11 is 6.07. The van der Waals surface area contributed by atoms with Crippen LogP contribution in [0.25, 0.3) is 0 Å². The van der Waals surface area contributed by atoms with Crippen LogP contribution in [0.1, 0.15) is 23.8 Å². The molecular weight excluding hydrogens is 252 g/mol. The highest BCUT2D eigenvalue weighted by Crippen LogP contribution is 2.19. The van der Waals surface area contributed by atoms with E-state index in [-0.39, 0.29) is 17.9 Å². The molecule has 1 fully saturated rings. The van der Waals surface area contributed by atoms with E-state index in [1.165, 1.54) is 0 Å². The minimum absolute atomic E-state index is 0.0288. The molecule has 1 heterocycles. The normalized spacial score (nSPS) is 20.3. The van der Waals surface area contributed by atoms with Crippen LogP contribution in [0, 0.1) is 0 Å². The molecule has 4 nitrogen and oxygen atoms in total. The topological polar surface area (TPSA) is 58.2 Å². The molecule has 0 saturated carbocycles. The summed E-state index contributed by atoms with van der Waals surface area (Å²) in [5, 5.41) is 4.86. The maximum Gasteiger partial charge on any atom is 0.242 e. The number of alkyl halides is 1. The third-order valence-corrected chi connectivity index (χ3v) is 3.38. The predicted molar refractivity (Wildman–Crippen MR) is 69.2 cm³/mol. The van der Waals surface area contributed by atoms with Crippen LogP contribution in [-0.4, -0.2) is 24.4 Å². The largest absolute Gasteiger partial charge is 0.352 e. The van der Waals surface area contributed by atoms with Crippen molar-refractivity contribution in [1.29, 1.82) is 0 Å². The molecule has 2 amide bonds. The zero-order valence-corrected chi connectivity index (χ0v) is 10.6. The van der Waals surface area contributed by atoms with Gasteiger partial charge >= 0.3 is 0 Å². The highest BCUT2D eigenvalue weighted by molar-refractivity contribution is 6.30. The summed E-state index contributed by atoms with van der Waals surface area (Å²) in [4.78, 5) is 22.8. The van der Waals surface area contributed by atoms with Gasteiger partial charge in [-0.15, -0.1) is 11.6 Å². The molecule has 0 bridgehead atoms. The molecule has 1 aliphatic heterocycles. The first-order chi connectivity index (χ1) is 8.66. The molecule has 5 heteroatoms. The lowest BCUT2D eigenvalue weighted by atomic mass is 10.1. The fraction of sp³-hybridized carbons (Fsp3) is 0.385. The van der Waals surface area contributed by atoms with Gasteiger partial charge in [0.25, 0.3) is 0 Å². The first-order valence-electron chi connectivity index (χ1n) is 5.93. The Hall–Kier alpha value is -1.55. The van der Waals surface area contributed by atoms with Crippen LogP contribution in [0.15, 0.2) is 30.3 Å². The fourth-order valence-electron chi connectivity index (χ4n) is 1.92. The van der Waals surface area contributed by atoms with Crippen molar-refractivity contribution in [2.24, 2.45) is 0 Å². The Labute approximate surface area is 111 Å². The number of benzene rings is 1. The van der Waals surface area contributed by atoms with E-state index < -0.39 is 5.38 Å². The van der Waals surface area contributed by atoms with E-state index in [9.17, 15) is 9.59 Å². The lowest BCUT2D eigenvalue weighted by Gasteiger charge is -2.14. The first-order valence-corrected chi connectivity index (χ1v) is 6.36. The number of hydrogen-bond acceptors (Lipinski definition) is 2. The summed E-state index contributed by atoms with van der Waals surface area (Å²) in [5.74, 6) is -0.191. The number of amides is 2. The van der Waals surface area contributed by atoms with Gasteiger partial charge in [0.15, 0.2) is 0 Å². The van der Waals surface area contributed by atoms with Crippen molar-refractivity contribution in [3.05, 3.63) is 35.9 Å². The number of nitrogens with one attached hydrogen (secondary N) is 2. The van der Waals surface area contributed by atoms with Crippen LogP contribution < -0.4 is 10.6 Å². The van der Waals surface area contributed by atoms with Crippen molar-refractivity contribution in [3.8, 4) is 0 Å². The quantitative estimate of drug-likeness (QED) is 0.809. The molecule has 0 spiro atoms. The summed E-state index contributed by atoms with van der Waals surface area (Å²) in [7, 11) is 0. The van der Waals surface area contributed by atoms with Gasteiger partial charge in [-0.2, -0.15) is 0 Å². The van der Waals surface area contributed by atoms with Crippen molar-refractivity contribution in [2.45, 2.75) is 24.3 Å². The SMILES string of the molecule is O=C1CCC(CNC(=O)C(Cl)c2ccccc2)N1. The molecule has 1 aromatic carbocycles. The van der Waals surface area contributed by atoms with Gasteiger partial charge in [0, 0.05) is 19.0 Å². The van der Waals surface area contributed by atoms with Crippen molar-refractivity contribution in [1.82, 2.24) is 10.6 Å². The van der Waals surface area contributed by atoms with Gasteiger partial charge < -0.3 is 10.6 Å². The minimum Gasteiger partial charge on any atom is -0.352 e. The molecule has 0 radical (unpaired) electrons. The Balaban J connectivity index is 1.83. The second kappa shape index (κ2) is 5.87. The summed E-state index contributed by atoms with van der Waals surface area (Å²) in [5.41, 5.74) is 0.770. The van der Waals surface area contributed by atoms with E-state index in [4.69, 9.17) is 11.6 Å². The van der Waals surface area contributed by atoms with Crippen LogP contribution in [0.2, 0.25) is 0 Å². The van der Waals surface area contributed by atoms with Crippen molar-refractivity contribution in [3.63, 3.8) is 0 Å². The van der Waals surface area contributed by atoms with Crippen molar-refractivity contribution >= 4 is 23.4 Å². The highest BCUT2D eigenvalue weighted by atomic mass is 35.5. The van der Waals surface area contributed by atoms with Crippen LogP contribution in [-0.2, 0) is 9.59 Å². The van der Waals surface area contributed by atoms with Gasteiger partial charge in [-0.3, -0.25) is 9.59 Å². The number of carbonyl (C=O) groups is 2. The van der Waals surface area contributed by atoms with Gasteiger partial charge in [-0.1, -0.05) is 30.3 Å². The maximum absolute atomic E-state index is 11.8. The number of rotatable bonds is 4. The minimum atomic E-state index is -0.691. The lowest BCUT2D eigenvalue weighted by molar-refractivity contribution is -0.122. The second-order valence-corrected chi connectivity index (χ2v) is 4.76. The van der Waals surface area contributed by atoms with Crippen LogP contribution in [0.5, 0.6) is 0 Å². The second-order valence-electron chi connectivity index (χ2n) is 4.32. The van der Waals surface area contributed by atoms with Crippen LogP contribution >= 0.6 is 11.6 Å². The third kappa shape index (κ3) is 3.23. The zero-order chi connectivity index (χ0) is 13.0. The lowest BCUT2D eigenvalue weighted by Crippen LogP contribution is -2.39. The Bertz CT molecular complexity index is 436. The number of halogens is 1. The number of hydrogen-bond donors (Lipinski definition) is 2. The van der Waals surface area contributed by atoms with E-state index >= 15 is 0 Å². The third-order valence-electron chi connectivity index (χ3n) is 2.93. The van der Waals surface area contributed by atoms with E-state index in [0.717, 1.165) is 12.0 Å². The molecular formula is C13H15ClN2O2. The van der Waals surface area contributed by atoms with Gasteiger partial charge in [-0.25, -0.2) is 0 Å². The van der Waals surface area contributed by atoms with E-state index in [2.05, 4.69) is 10.6 Å². The van der Waals surface area contributed by atoms with Crippen LogP contribution in [0.4, 0.5) is 0 Å². The van der Waals surface area contributed by atoms with Gasteiger partial charge in [0.1, 0.15) is 5.38 Å². The van der Waals surface area contributed by atoms with Gasteiger partial charge in [-0.05, 0) is 12.0 Å². The van der Waals surface area contributed by atoms with E-state index in [1.54, 1.807) is 0 Å². The average Bonchev–Trinajstić information content (AvgIpc) is 2.82. The Morgan fingerprint density at radius 3 is 2.78 bits per heavy atom. The summed E-state index contributed by atoms with van der Waals surface area (Å²) in [6, 6.07) is 9.22. The van der Waals surface area contributed by atoms with Gasteiger partial charge in [0.2, 0.25) is 11.8 Å². The molecule has 0 aliphatic carbocycles. The van der Waals surface area contributed by atoms with Gasteiger partial charge in [0.05, 0.1) is 0 Å². The van der Waals surface area contributed by atoms with Crippen molar-refractivity contribution in [2.75, 3.05) is 6.54 Å². The Morgan fingerprint density at radius 2 is 2.17 bits per heavy atom. The summed E-state index contributed by atoms with van der Waals surface area (Å²) in [6.07, 6.45) is 1.29. The average molecular weight is 267 g/mol. The number of carbonyl (C=O) groups excluding carboxylic acids is 2. The molecule has 1 aliphatic rings. The molecule has 1 saturated heterocycles. The molecule has 2 unspecified atom stereocenters. The smallest absolute Gasteiger partial charge is 0.242 e. The van der Waals surface area contributed by atoms with Crippen molar-refractivity contribution < 1.29 is 9.59 Å². The molecule has 1 aromatic rings. The highest BCUT2D eigenvalue weighted by Gasteiger charge is 2.23. The monoisotopic (exact) mass is 266 g/mol. The van der Waals surface area contributed by atoms with E-state index in [1.807, 2.05) is 30.3 Å². The molecule has 18 heavy (non-hydrogen) atoms. The first kappa shape index (κ1) is 12.9. The molecule has 96 valence electrons. The Kier molecular flexibility index (Phi) is 4.20. The summed E-state index contributed by atoms with van der Waals surface area (Å²) < 4.78 is 0. The predicted octanol–water partition coefficient (Wildman–Crippen LogP) is 1.36. The molecule has 2 rings (SSSR count). The summed E-state index contributed by atoms with van der Waals surface area (Å²) in [6.45, 7) is 0.431. The standard InChI is InChI=1S/C13H15ClN2O2/c14-12(9-4-2-1-3-5-9)13(18)15-8-10-6-7-11(17)16-10/h1-5,10,12H,6-8H2,(H,15,18)(H,16,17). The maximum atomic E-state index is 11.8. The van der Waals surface area contributed by atoms with E-state index in [0.29, 0.717) is 13.0 Å². The molecule has 2 N–H and O–H groups in total. The Morgan fingerprint density at radius 1 is 1.44 bits per heavy atom. The molecule has 0 aromatic heterocycles. The zero-order valence-electron chi connectivity index (χ0n) is 9.86. The molecule has 2 atom stereocenters. The fourth-order valence-corrected chi connectivity index (χ4v) is 2.14. The van der Waals surface area contributed by atoms with Crippen LogP contribution in [0.3, 0.4) is 0 Å².